The van der Waals surface area contributed by atoms with E-state index in [-0.39, 0.29) is 6.61 Å². The van der Waals surface area contributed by atoms with Gasteiger partial charge in [0.1, 0.15) is 11.3 Å². The van der Waals surface area contributed by atoms with Gasteiger partial charge >= 0.3 is 18.5 Å². The molecule has 0 aliphatic heterocycles. The maximum Gasteiger partial charge on any atom is 0.573 e. The molecule has 1 heterocycles. The summed E-state index contributed by atoms with van der Waals surface area (Å²) >= 11 is 0. The Kier molecular flexibility index (Phi) is 5.22. The van der Waals surface area contributed by atoms with Crippen LogP contribution in [-0.4, -0.2) is 23.9 Å². The lowest BCUT2D eigenvalue weighted by atomic mass is 10.1. The molecule has 1 rings (SSSR count). The van der Waals surface area contributed by atoms with E-state index in [1.54, 1.807) is 0 Å². The van der Waals surface area contributed by atoms with E-state index in [9.17, 15) is 31.1 Å². The van der Waals surface area contributed by atoms with Crippen molar-refractivity contribution in [3.63, 3.8) is 0 Å². The van der Waals surface area contributed by atoms with Crippen LogP contribution >= 0.6 is 0 Å². The number of pyridine rings is 1. The van der Waals surface area contributed by atoms with Crippen LogP contribution in [0.5, 0.6) is 5.75 Å². The van der Waals surface area contributed by atoms with E-state index < -0.39 is 47.8 Å². The van der Waals surface area contributed by atoms with Crippen molar-refractivity contribution in [3.8, 4) is 5.75 Å². The maximum absolute atomic E-state index is 12.9. The number of halogens is 6. The molecule has 0 amide bonds. The number of esters is 1. The molecule has 22 heavy (non-hydrogen) atoms. The molecule has 0 bridgehead atoms. The highest BCUT2D eigenvalue weighted by molar-refractivity contribution is 5.94. The Hall–Kier alpha value is -2.04. The van der Waals surface area contributed by atoms with E-state index in [0.717, 1.165) is 0 Å². The van der Waals surface area contributed by atoms with Gasteiger partial charge in [-0.3, -0.25) is 0 Å². The molecule has 0 spiro atoms. The zero-order valence-corrected chi connectivity index (χ0v) is 11.0. The van der Waals surface area contributed by atoms with Gasteiger partial charge in [-0.1, -0.05) is 0 Å². The topological polar surface area (TPSA) is 74.4 Å². The molecule has 2 N–H and O–H groups in total. The molecule has 0 aliphatic rings. The number of ether oxygens (including phenoxy) is 2. The monoisotopic (exact) mass is 332 g/mol. The van der Waals surface area contributed by atoms with E-state index in [1.807, 2.05) is 0 Å². The zero-order chi connectivity index (χ0) is 17.1. The number of carbonyl (C=O) groups excluding carboxylic acids is 1. The van der Waals surface area contributed by atoms with E-state index in [4.69, 9.17) is 5.73 Å². The standard InChI is InChI=1S/C11H10F6N2O3/c1-2-21-9(20)7-6(22-11(15,16)17)3-5(4-18)19-8(7)10(12,13)14/h3H,2,4,18H2,1H3. The van der Waals surface area contributed by atoms with Crippen molar-refractivity contribution in [2.45, 2.75) is 26.0 Å². The van der Waals surface area contributed by atoms with Gasteiger partial charge in [0.05, 0.1) is 12.3 Å². The second-order valence-corrected chi connectivity index (χ2v) is 3.81. The quantitative estimate of drug-likeness (QED) is 0.678. The summed E-state index contributed by atoms with van der Waals surface area (Å²) < 4.78 is 83.6. The van der Waals surface area contributed by atoms with Crippen molar-refractivity contribution < 1.29 is 40.6 Å². The average Bonchev–Trinajstić information content (AvgIpc) is 2.34. The number of nitrogens with zero attached hydrogens (tertiary/aromatic N) is 1. The van der Waals surface area contributed by atoms with Gasteiger partial charge in [0.15, 0.2) is 5.69 Å². The van der Waals surface area contributed by atoms with Crippen LogP contribution in [0.2, 0.25) is 0 Å². The first kappa shape index (κ1) is 18.0. The van der Waals surface area contributed by atoms with E-state index in [1.165, 1.54) is 6.92 Å². The third-order valence-corrected chi connectivity index (χ3v) is 2.22. The molecule has 1 aromatic rings. The Balaban J connectivity index is 3.59. The summed E-state index contributed by atoms with van der Waals surface area (Å²) in [6, 6.07) is 0.509. The second kappa shape index (κ2) is 6.38. The summed E-state index contributed by atoms with van der Waals surface area (Å²) in [6.45, 7) is 0.345. The van der Waals surface area contributed by atoms with Crippen LogP contribution in [0, 0.1) is 0 Å². The molecule has 0 saturated heterocycles. The smallest absolute Gasteiger partial charge is 0.462 e. The highest BCUT2D eigenvalue weighted by Gasteiger charge is 2.42. The SMILES string of the molecule is CCOC(=O)c1c(OC(F)(F)F)cc(CN)nc1C(F)(F)F. The molecule has 0 fully saturated rings. The highest BCUT2D eigenvalue weighted by atomic mass is 19.4. The first-order valence-electron chi connectivity index (χ1n) is 5.73. The first-order valence-corrected chi connectivity index (χ1v) is 5.73. The fourth-order valence-corrected chi connectivity index (χ4v) is 1.49. The molecule has 5 nitrogen and oxygen atoms in total. The van der Waals surface area contributed by atoms with Gasteiger partial charge in [-0.05, 0) is 6.92 Å². The number of carbonyl (C=O) groups is 1. The van der Waals surface area contributed by atoms with Crippen LogP contribution in [0.25, 0.3) is 0 Å². The van der Waals surface area contributed by atoms with Crippen molar-refractivity contribution in [2.75, 3.05) is 6.61 Å². The van der Waals surface area contributed by atoms with Crippen molar-refractivity contribution in [1.82, 2.24) is 4.98 Å². The lowest BCUT2D eigenvalue weighted by molar-refractivity contribution is -0.275. The molecule has 0 saturated carbocycles. The lowest BCUT2D eigenvalue weighted by Crippen LogP contribution is -2.24. The number of rotatable bonds is 4. The summed E-state index contributed by atoms with van der Waals surface area (Å²) in [4.78, 5) is 14.6. The van der Waals surface area contributed by atoms with E-state index >= 15 is 0 Å². The fourth-order valence-electron chi connectivity index (χ4n) is 1.49. The molecule has 0 unspecified atom stereocenters. The molecule has 0 atom stereocenters. The molecule has 0 radical (unpaired) electrons. The largest absolute Gasteiger partial charge is 0.573 e. The summed E-state index contributed by atoms with van der Waals surface area (Å²) in [5.74, 6) is -3.00. The Morgan fingerprint density at radius 1 is 1.27 bits per heavy atom. The van der Waals surface area contributed by atoms with Crippen LogP contribution < -0.4 is 10.5 Å². The summed E-state index contributed by atoms with van der Waals surface area (Å²) in [5, 5.41) is 0. The highest BCUT2D eigenvalue weighted by Crippen LogP contribution is 2.37. The van der Waals surface area contributed by atoms with Gasteiger partial charge in [-0.15, -0.1) is 13.2 Å². The molecule has 1 aromatic heterocycles. The third kappa shape index (κ3) is 4.48. The van der Waals surface area contributed by atoms with E-state index in [0.29, 0.717) is 6.07 Å². The number of hydrogen-bond acceptors (Lipinski definition) is 5. The Labute approximate surface area is 120 Å². The number of aromatic nitrogens is 1. The third-order valence-electron chi connectivity index (χ3n) is 2.22. The minimum Gasteiger partial charge on any atom is -0.462 e. The van der Waals surface area contributed by atoms with Crippen LogP contribution in [0.4, 0.5) is 26.3 Å². The Morgan fingerprint density at radius 3 is 2.27 bits per heavy atom. The van der Waals surface area contributed by atoms with Gasteiger partial charge in [0.2, 0.25) is 0 Å². The lowest BCUT2D eigenvalue weighted by Gasteiger charge is -2.17. The van der Waals surface area contributed by atoms with Gasteiger partial charge in [-0.25, -0.2) is 9.78 Å². The summed E-state index contributed by atoms with van der Waals surface area (Å²) in [7, 11) is 0. The Bertz CT molecular complexity index is 556. The van der Waals surface area contributed by atoms with Gasteiger partial charge in [-0.2, -0.15) is 13.2 Å². The van der Waals surface area contributed by atoms with Crippen molar-refractivity contribution >= 4 is 5.97 Å². The number of hydrogen-bond donors (Lipinski definition) is 1. The molecular formula is C11H10F6N2O3. The minimum absolute atomic E-state index is 0.347. The minimum atomic E-state index is -5.31. The van der Waals surface area contributed by atoms with Gasteiger partial charge in [0.25, 0.3) is 0 Å². The maximum atomic E-state index is 12.9. The van der Waals surface area contributed by atoms with Gasteiger partial charge < -0.3 is 15.2 Å². The molecule has 124 valence electrons. The number of alkyl halides is 6. The first-order chi connectivity index (χ1) is 9.99. The van der Waals surface area contributed by atoms with Crippen LogP contribution in [0.3, 0.4) is 0 Å². The van der Waals surface area contributed by atoms with Gasteiger partial charge in [0, 0.05) is 12.6 Å². The predicted molar refractivity (Wildman–Crippen MR) is 59.8 cm³/mol. The summed E-state index contributed by atoms with van der Waals surface area (Å²) in [5.41, 5.74) is 1.26. The molecule has 0 aliphatic carbocycles. The van der Waals surface area contributed by atoms with Crippen molar-refractivity contribution in [2.24, 2.45) is 5.73 Å². The zero-order valence-electron chi connectivity index (χ0n) is 11.0. The molecule has 11 heteroatoms. The average molecular weight is 332 g/mol. The van der Waals surface area contributed by atoms with Crippen LogP contribution in [0.1, 0.15) is 28.7 Å². The fraction of sp³-hybridized carbons (Fsp3) is 0.455. The molecular weight excluding hydrogens is 322 g/mol. The van der Waals surface area contributed by atoms with Crippen LogP contribution in [-0.2, 0) is 17.5 Å². The van der Waals surface area contributed by atoms with Crippen molar-refractivity contribution in [3.05, 3.63) is 23.0 Å². The predicted octanol–water partition coefficient (Wildman–Crippen LogP) is 2.63. The normalized spacial score (nSPS) is 12.2. The second-order valence-electron chi connectivity index (χ2n) is 3.81. The summed E-state index contributed by atoms with van der Waals surface area (Å²) in [6.07, 6.45) is -10.5. The molecule has 0 aromatic carbocycles. The van der Waals surface area contributed by atoms with Crippen molar-refractivity contribution in [1.29, 1.82) is 0 Å². The number of nitrogens with two attached hydrogens (primary N) is 1. The van der Waals surface area contributed by atoms with E-state index in [2.05, 4.69) is 14.5 Å². The Morgan fingerprint density at radius 2 is 1.86 bits per heavy atom. The van der Waals surface area contributed by atoms with Crippen LogP contribution in [0.15, 0.2) is 6.07 Å².